The van der Waals surface area contributed by atoms with E-state index in [4.69, 9.17) is 21.1 Å². The van der Waals surface area contributed by atoms with E-state index < -0.39 is 18.1 Å². The minimum absolute atomic E-state index is 0.395. The maximum atomic E-state index is 12.8. The number of fused-ring (bicyclic) bond motifs is 1. The van der Waals surface area contributed by atoms with Gasteiger partial charge in [-0.3, -0.25) is 4.79 Å². The summed E-state index contributed by atoms with van der Waals surface area (Å²) in [6, 6.07) is 23.9. The van der Waals surface area contributed by atoms with E-state index in [0.29, 0.717) is 16.5 Å². The molecule has 0 spiro atoms. The first-order chi connectivity index (χ1) is 13.7. The fraction of sp³-hybridized carbons (Fsp3) is 0.0909. The SMILES string of the molecule is O=C(N/N=C\c1ccc(Cl)cc1)[C@@H]1Oc2ccccc2O[C@@H]1c1ccccc1. The van der Waals surface area contributed by atoms with Gasteiger partial charge in [-0.2, -0.15) is 5.10 Å². The van der Waals surface area contributed by atoms with Crippen LogP contribution in [-0.4, -0.2) is 18.2 Å². The average Bonchev–Trinajstić information content (AvgIpc) is 2.75. The molecule has 28 heavy (non-hydrogen) atoms. The minimum atomic E-state index is -0.875. The average molecular weight is 393 g/mol. The van der Waals surface area contributed by atoms with Crippen LogP contribution in [0.15, 0.2) is 84.0 Å². The maximum absolute atomic E-state index is 12.8. The standard InChI is InChI=1S/C22H17ClN2O3/c23-17-12-10-15(11-13-17)14-24-25-22(26)21-20(16-6-2-1-3-7-16)27-18-8-4-5-9-19(18)28-21/h1-14,20-21H,(H,25,26)/b24-14-/t20-,21-/m1/s1. The zero-order valence-electron chi connectivity index (χ0n) is 14.8. The van der Waals surface area contributed by atoms with Crippen LogP contribution in [0.1, 0.15) is 17.2 Å². The molecule has 0 fully saturated rings. The van der Waals surface area contributed by atoms with Gasteiger partial charge in [0.15, 0.2) is 17.6 Å². The van der Waals surface area contributed by atoms with Crippen molar-refractivity contribution >= 4 is 23.7 Å². The fourth-order valence-corrected chi connectivity index (χ4v) is 3.03. The van der Waals surface area contributed by atoms with Crippen LogP contribution < -0.4 is 14.9 Å². The highest BCUT2D eigenvalue weighted by molar-refractivity contribution is 6.30. The molecule has 0 aliphatic carbocycles. The number of rotatable bonds is 4. The van der Waals surface area contributed by atoms with Crippen LogP contribution >= 0.6 is 11.6 Å². The predicted octanol–water partition coefficient (Wildman–Crippen LogP) is 4.37. The Bertz CT molecular complexity index is 990. The summed E-state index contributed by atoms with van der Waals surface area (Å²) in [5.41, 5.74) is 4.20. The van der Waals surface area contributed by atoms with Crippen molar-refractivity contribution in [2.45, 2.75) is 12.2 Å². The van der Waals surface area contributed by atoms with Gasteiger partial charge in [-0.05, 0) is 35.4 Å². The van der Waals surface area contributed by atoms with Gasteiger partial charge in [0, 0.05) is 5.02 Å². The summed E-state index contributed by atoms with van der Waals surface area (Å²) in [5.74, 6) is 0.732. The Morgan fingerprint density at radius 1 is 0.893 bits per heavy atom. The Morgan fingerprint density at radius 3 is 2.25 bits per heavy atom. The number of benzene rings is 3. The molecule has 0 radical (unpaired) electrons. The summed E-state index contributed by atoms with van der Waals surface area (Å²) in [7, 11) is 0. The van der Waals surface area contributed by atoms with Gasteiger partial charge in [-0.15, -0.1) is 0 Å². The number of para-hydroxylation sites is 2. The van der Waals surface area contributed by atoms with Gasteiger partial charge >= 0.3 is 0 Å². The molecule has 1 aliphatic rings. The number of carbonyl (C=O) groups is 1. The lowest BCUT2D eigenvalue weighted by molar-refractivity contribution is -0.134. The molecular weight excluding hydrogens is 376 g/mol. The number of hydrogen-bond donors (Lipinski definition) is 1. The summed E-state index contributed by atoms with van der Waals surface area (Å²) < 4.78 is 12.0. The van der Waals surface area contributed by atoms with Crippen LogP contribution in [0.25, 0.3) is 0 Å². The summed E-state index contributed by atoms with van der Waals surface area (Å²) in [6.45, 7) is 0. The van der Waals surface area contributed by atoms with Gasteiger partial charge in [0.25, 0.3) is 5.91 Å². The summed E-state index contributed by atoms with van der Waals surface area (Å²) in [4.78, 5) is 12.8. The highest BCUT2D eigenvalue weighted by Gasteiger charge is 2.38. The van der Waals surface area contributed by atoms with E-state index in [9.17, 15) is 4.79 Å². The number of ether oxygens (including phenoxy) is 2. The Kier molecular flexibility index (Phi) is 5.26. The van der Waals surface area contributed by atoms with Gasteiger partial charge in [0.2, 0.25) is 6.10 Å². The molecule has 1 heterocycles. The molecular formula is C22H17ClN2O3. The molecule has 0 bridgehead atoms. The molecule has 2 atom stereocenters. The van der Waals surface area contributed by atoms with Crippen LogP contribution in [0.3, 0.4) is 0 Å². The van der Waals surface area contributed by atoms with Crippen molar-refractivity contribution < 1.29 is 14.3 Å². The summed E-state index contributed by atoms with van der Waals surface area (Å²) in [5, 5.41) is 4.66. The molecule has 3 aromatic rings. The lowest BCUT2D eigenvalue weighted by Gasteiger charge is -2.32. The van der Waals surface area contributed by atoms with Crippen LogP contribution in [0.5, 0.6) is 11.5 Å². The van der Waals surface area contributed by atoms with Crippen LogP contribution in [0.4, 0.5) is 0 Å². The number of hydrazone groups is 1. The molecule has 0 saturated carbocycles. The van der Waals surface area contributed by atoms with Gasteiger partial charge in [0.05, 0.1) is 6.21 Å². The normalized spacial score (nSPS) is 18.0. The minimum Gasteiger partial charge on any atom is -0.477 e. The fourth-order valence-electron chi connectivity index (χ4n) is 2.90. The van der Waals surface area contributed by atoms with E-state index in [-0.39, 0.29) is 0 Å². The van der Waals surface area contributed by atoms with E-state index in [1.807, 2.05) is 48.5 Å². The zero-order chi connectivity index (χ0) is 19.3. The van der Waals surface area contributed by atoms with E-state index in [2.05, 4.69) is 10.5 Å². The molecule has 0 unspecified atom stereocenters. The van der Waals surface area contributed by atoms with Crippen LogP contribution in [0, 0.1) is 0 Å². The largest absolute Gasteiger partial charge is 0.477 e. The molecule has 0 aromatic heterocycles. The highest BCUT2D eigenvalue weighted by atomic mass is 35.5. The van der Waals surface area contributed by atoms with Crippen molar-refractivity contribution in [3.63, 3.8) is 0 Å². The van der Waals surface area contributed by atoms with Crippen molar-refractivity contribution in [3.05, 3.63) is 95.0 Å². The molecule has 0 saturated heterocycles. The monoisotopic (exact) mass is 392 g/mol. The highest BCUT2D eigenvalue weighted by Crippen LogP contribution is 2.39. The number of carbonyl (C=O) groups excluding carboxylic acids is 1. The van der Waals surface area contributed by atoms with E-state index in [1.165, 1.54) is 0 Å². The van der Waals surface area contributed by atoms with Crippen molar-refractivity contribution in [2.24, 2.45) is 5.10 Å². The summed E-state index contributed by atoms with van der Waals surface area (Å²) in [6.07, 6.45) is 0.0881. The predicted molar refractivity (Wildman–Crippen MR) is 108 cm³/mol. The molecule has 3 aromatic carbocycles. The lowest BCUT2D eigenvalue weighted by Crippen LogP contribution is -2.44. The molecule has 1 N–H and O–H groups in total. The molecule has 1 amide bonds. The molecule has 5 nitrogen and oxygen atoms in total. The second-order valence-corrected chi connectivity index (χ2v) is 6.66. The maximum Gasteiger partial charge on any atom is 0.285 e. The van der Waals surface area contributed by atoms with E-state index in [0.717, 1.165) is 11.1 Å². The first-order valence-corrected chi connectivity index (χ1v) is 9.14. The van der Waals surface area contributed by atoms with Crippen LogP contribution in [-0.2, 0) is 4.79 Å². The van der Waals surface area contributed by atoms with Gasteiger partial charge < -0.3 is 9.47 Å². The second kappa shape index (κ2) is 8.15. The van der Waals surface area contributed by atoms with Gasteiger partial charge in [0.1, 0.15) is 0 Å². The zero-order valence-corrected chi connectivity index (χ0v) is 15.5. The van der Waals surface area contributed by atoms with E-state index >= 15 is 0 Å². The second-order valence-electron chi connectivity index (χ2n) is 6.22. The Labute approximate surface area is 167 Å². The molecule has 140 valence electrons. The topological polar surface area (TPSA) is 59.9 Å². The number of hydrogen-bond acceptors (Lipinski definition) is 4. The Balaban J connectivity index is 1.54. The van der Waals surface area contributed by atoms with Crippen molar-refractivity contribution in [1.82, 2.24) is 5.43 Å². The third-order valence-electron chi connectivity index (χ3n) is 4.28. The smallest absolute Gasteiger partial charge is 0.285 e. The quantitative estimate of drug-likeness (QED) is 0.529. The van der Waals surface area contributed by atoms with E-state index in [1.54, 1.807) is 36.5 Å². The van der Waals surface area contributed by atoms with Gasteiger partial charge in [-0.25, -0.2) is 5.43 Å². The first kappa shape index (κ1) is 18.1. The molecule has 6 heteroatoms. The third kappa shape index (κ3) is 4.00. The third-order valence-corrected chi connectivity index (χ3v) is 4.53. The number of amides is 1. The summed E-state index contributed by atoms with van der Waals surface area (Å²) >= 11 is 5.87. The number of nitrogens with one attached hydrogen (secondary N) is 1. The molecule has 1 aliphatic heterocycles. The lowest BCUT2D eigenvalue weighted by atomic mass is 10.0. The van der Waals surface area contributed by atoms with Gasteiger partial charge in [-0.1, -0.05) is 66.2 Å². The van der Waals surface area contributed by atoms with Crippen molar-refractivity contribution in [1.29, 1.82) is 0 Å². The Morgan fingerprint density at radius 2 is 1.54 bits per heavy atom. The number of nitrogens with zero attached hydrogens (tertiary/aromatic N) is 1. The number of halogens is 1. The Hall–Kier alpha value is -3.31. The molecule has 4 rings (SSSR count). The van der Waals surface area contributed by atoms with Crippen molar-refractivity contribution in [3.8, 4) is 11.5 Å². The van der Waals surface area contributed by atoms with Crippen LogP contribution in [0.2, 0.25) is 5.02 Å². The van der Waals surface area contributed by atoms with Crippen molar-refractivity contribution in [2.75, 3.05) is 0 Å². The first-order valence-electron chi connectivity index (χ1n) is 8.76.